The van der Waals surface area contributed by atoms with E-state index in [0.29, 0.717) is 6.54 Å². The van der Waals surface area contributed by atoms with Crippen molar-refractivity contribution < 1.29 is 8.42 Å². The van der Waals surface area contributed by atoms with Crippen LogP contribution in [0.5, 0.6) is 0 Å². The number of nitrogens with two attached hydrogens (primary N) is 1. The van der Waals surface area contributed by atoms with Gasteiger partial charge in [0.2, 0.25) is 10.0 Å². The van der Waals surface area contributed by atoms with Gasteiger partial charge in [0.25, 0.3) is 0 Å². The van der Waals surface area contributed by atoms with Gasteiger partial charge in [0, 0.05) is 6.54 Å². The number of nitrogens with zero attached hydrogens (tertiary/aromatic N) is 1. The molecule has 0 bridgehead atoms. The van der Waals surface area contributed by atoms with E-state index >= 15 is 0 Å². The lowest BCUT2D eigenvalue weighted by Crippen LogP contribution is -2.32. The predicted octanol–water partition coefficient (Wildman–Crippen LogP) is -1.54. The van der Waals surface area contributed by atoms with Crippen LogP contribution >= 0.6 is 0 Å². The molecule has 4 N–H and O–H groups in total. The average molecular weight is 208 g/mol. The molecule has 0 saturated heterocycles. The summed E-state index contributed by atoms with van der Waals surface area (Å²) in [4.78, 5) is 3.81. The molecule has 0 heterocycles. The van der Waals surface area contributed by atoms with Gasteiger partial charge in [-0.15, -0.1) is 0 Å². The zero-order valence-electron chi connectivity index (χ0n) is 7.87. The summed E-state index contributed by atoms with van der Waals surface area (Å²) >= 11 is 0. The van der Waals surface area contributed by atoms with Gasteiger partial charge in [0.15, 0.2) is 5.96 Å². The monoisotopic (exact) mass is 208 g/mol. The quantitative estimate of drug-likeness (QED) is 0.377. The smallest absolute Gasteiger partial charge is 0.213 e. The van der Waals surface area contributed by atoms with E-state index in [4.69, 9.17) is 5.73 Å². The van der Waals surface area contributed by atoms with Crippen LogP contribution in [-0.4, -0.2) is 40.3 Å². The van der Waals surface area contributed by atoms with Crippen LogP contribution in [0.15, 0.2) is 4.99 Å². The second kappa shape index (κ2) is 5.76. The fraction of sp³-hybridized carbons (Fsp3) is 0.833. The molecule has 0 amide bonds. The zero-order chi connectivity index (χ0) is 10.3. The lowest BCUT2D eigenvalue weighted by atomic mass is 10.7. The van der Waals surface area contributed by atoms with Crippen molar-refractivity contribution in [2.45, 2.75) is 6.92 Å². The standard InChI is InChI=1S/C6H16N4O2S/c1-3-9-6(7)10-4-5-13(11,12)8-2/h8H,3-5H2,1-2H3,(H3,7,9,10). The van der Waals surface area contributed by atoms with Crippen LogP contribution in [0, 0.1) is 0 Å². The Morgan fingerprint density at radius 2 is 2.15 bits per heavy atom. The molecule has 0 aromatic heterocycles. The molecule has 0 radical (unpaired) electrons. The molecule has 78 valence electrons. The van der Waals surface area contributed by atoms with Crippen molar-refractivity contribution >= 4 is 16.0 Å². The van der Waals surface area contributed by atoms with E-state index in [1.54, 1.807) is 0 Å². The van der Waals surface area contributed by atoms with Gasteiger partial charge in [0.05, 0.1) is 12.3 Å². The third-order valence-corrected chi connectivity index (χ3v) is 2.65. The first kappa shape index (κ1) is 12.2. The van der Waals surface area contributed by atoms with Gasteiger partial charge in [0.1, 0.15) is 0 Å². The summed E-state index contributed by atoms with van der Waals surface area (Å²) in [7, 11) is -1.80. The minimum atomic E-state index is -3.17. The fourth-order valence-electron chi connectivity index (χ4n) is 0.625. The summed E-state index contributed by atoms with van der Waals surface area (Å²) < 4.78 is 24.0. The van der Waals surface area contributed by atoms with Crippen molar-refractivity contribution in [3.63, 3.8) is 0 Å². The highest BCUT2D eigenvalue weighted by Gasteiger charge is 2.04. The van der Waals surface area contributed by atoms with Gasteiger partial charge in [-0.1, -0.05) is 0 Å². The Morgan fingerprint density at radius 3 is 2.62 bits per heavy atom. The molecule has 0 saturated carbocycles. The highest BCUT2D eigenvalue weighted by Crippen LogP contribution is 1.82. The Balaban J connectivity index is 3.85. The molecule has 0 aromatic rings. The number of hydrogen-bond donors (Lipinski definition) is 3. The molecule has 13 heavy (non-hydrogen) atoms. The van der Waals surface area contributed by atoms with Crippen LogP contribution in [0.1, 0.15) is 6.92 Å². The molecule has 0 atom stereocenters. The predicted molar refractivity (Wildman–Crippen MR) is 53.0 cm³/mol. The Labute approximate surface area is 78.7 Å². The van der Waals surface area contributed by atoms with Crippen LogP contribution in [0.2, 0.25) is 0 Å². The molecular formula is C6H16N4O2S. The minimum Gasteiger partial charge on any atom is -0.370 e. The molecule has 0 fully saturated rings. The molecule has 0 aliphatic rings. The minimum absolute atomic E-state index is 0.0460. The van der Waals surface area contributed by atoms with E-state index in [0.717, 1.165) is 0 Å². The van der Waals surface area contributed by atoms with E-state index in [-0.39, 0.29) is 18.3 Å². The summed E-state index contributed by atoms with van der Waals surface area (Å²) in [6, 6.07) is 0. The topological polar surface area (TPSA) is 96.6 Å². The molecule has 0 aliphatic heterocycles. The molecule has 6 nitrogen and oxygen atoms in total. The Hall–Kier alpha value is -0.820. The van der Waals surface area contributed by atoms with Crippen LogP contribution in [0.4, 0.5) is 0 Å². The summed E-state index contributed by atoms with van der Waals surface area (Å²) in [6.45, 7) is 2.73. The first-order chi connectivity index (χ1) is 6.02. The molecule has 7 heteroatoms. The summed E-state index contributed by atoms with van der Waals surface area (Å²) in [5, 5.41) is 2.76. The second-order valence-corrected chi connectivity index (χ2v) is 4.37. The summed E-state index contributed by atoms with van der Waals surface area (Å²) in [6.07, 6.45) is 0. The Kier molecular flexibility index (Phi) is 5.40. The van der Waals surface area contributed by atoms with E-state index in [1.807, 2.05) is 6.92 Å². The maximum atomic E-state index is 10.9. The molecular weight excluding hydrogens is 192 g/mol. The van der Waals surface area contributed by atoms with Crippen molar-refractivity contribution in [2.75, 3.05) is 25.9 Å². The number of hydrogen-bond acceptors (Lipinski definition) is 3. The molecule has 0 aromatic carbocycles. The Bertz CT molecular complexity index is 260. The highest BCUT2D eigenvalue weighted by molar-refractivity contribution is 7.89. The van der Waals surface area contributed by atoms with Crippen LogP contribution in [0.3, 0.4) is 0 Å². The average Bonchev–Trinajstić information content (AvgIpc) is 2.05. The maximum Gasteiger partial charge on any atom is 0.213 e. The summed E-state index contributed by atoms with van der Waals surface area (Å²) in [5.74, 6) is 0.226. The third kappa shape index (κ3) is 6.35. The third-order valence-electron chi connectivity index (χ3n) is 1.31. The van der Waals surface area contributed by atoms with Gasteiger partial charge in [-0.3, -0.25) is 4.99 Å². The van der Waals surface area contributed by atoms with Gasteiger partial charge >= 0.3 is 0 Å². The number of sulfonamides is 1. The first-order valence-corrected chi connectivity index (χ1v) is 5.62. The maximum absolute atomic E-state index is 10.9. The number of aliphatic imine (C=N–C) groups is 1. The van der Waals surface area contributed by atoms with E-state index < -0.39 is 10.0 Å². The van der Waals surface area contributed by atoms with E-state index in [2.05, 4.69) is 15.0 Å². The SMILES string of the molecule is CCNC(N)=NCCS(=O)(=O)NC. The van der Waals surface area contributed by atoms with Gasteiger partial charge in [-0.25, -0.2) is 13.1 Å². The van der Waals surface area contributed by atoms with E-state index in [9.17, 15) is 8.42 Å². The van der Waals surface area contributed by atoms with Crippen LogP contribution < -0.4 is 15.8 Å². The highest BCUT2D eigenvalue weighted by atomic mass is 32.2. The Morgan fingerprint density at radius 1 is 1.54 bits per heavy atom. The second-order valence-electron chi connectivity index (χ2n) is 2.32. The van der Waals surface area contributed by atoms with Gasteiger partial charge < -0.3 is 11.1 Å². The number of rotatable bonds is 5. The van der Waals surface area contributed by atoms with E-state index in [1.165, 1.54) is 7.05 Å². The van der Waals surface area contributed by atoms with Crippen molar-refractivity contribution in [1.82, 2.24) is 10.0 Å². The van der Waals surface area contributed by atoms with Gasteiger partial charge in [-0.05, 0) is 14.0 Å². The van der Waals surface area contributed by atoms with Crippen LogP contribution in [-0.2, 0) is 10.0 Å². The van der Waals surface area contributed by atoms with Gasteiger partial charge in [-0.2, -0.15) is 0 Å². The van der Waals surface area contributed by atoms with Crippen molar-refractivity contribution in [1.29, 1.82) is 0 Å². The van der Waals surface area contributed by atoms with Crippen LogP contribution in [0.25, 0.3) is 0 Å². The molecule has 0 rings (SSSR count). The first-order valence-electron chi connectivity index (χ1n) is 3.97. The normalized spacial score (nSPS) is 12.9. The molecule has 0 unspecified atom stereocenters. The summed E-state index contributed by atoms with van der Waals surface area (Å²) in [5.41, 5.74) is 5.38. The molecule has 0 aliphatic carbocycles. The van der Waals surface area contributed by atoms with Crippen molar-refractivity contribution in [3.8, 4) is 0 Å². The largest absolute Gasteiger partial charge is 0.370 e. The zero-order valence-corrected chi connectivity index (χ0v) is 8.69. The molecule has 0 spiro atoms. The lowest BCUT2D eigenvalue weighted by Gasteiger charge is -2.02. The number of nitrogens with one attached hydrogen (secondary N) is 2. The lowest BCUT2D eigenvalue weighted by molar-refractivity contribution is 0.588. The number of guanidine groups is 1. The van der Waals surface area contributed by atoms with Crippen molar-refractivity contribution in [2.24, 2.45) is 10.7 Å². The van der Waals surface area contributed by atoms with Crippen molar-refractivity contribution in [3.05, 3.63) is 0 Å². The fourth-order valence-corrected chi connectivity index (χ4v) is 1.16.